The average Bonchev–Trinajstić information content (AvgIpc) is 2.85. The van der Waals surface area contributed by atoms with Gasteiger partial charge in [0.25, 0.3) is 0 Å². The van der Waals surface area contributed by atoms with E-state index in [2.05, 4.69) is 43.7 Å². The van der Waals surface area contributed by atoms with Crippen LogP contribution in [-0.4, -0.2) is 7.05 Å². The van der Waals surface area contributed by atoms with Crippen LogP contribution < -0.4 is 5.32 Å². The van der Waals surface area contributed by atoms with Crippen molar-refractivity contribution in [1.29, 1.82) is 0 Å². The van der Waals surface area contributed by atoms with Crippen LogP contribution in [0.15, 0.2) is 17.5 Å². The van der Waals surface area contributed by atoms with Crippen molar-refractivity contribution in [3.8, 4) is 0 Å². The third-order valence-electron chi connectivity index (χ3n) is 6.61. The molecule has 1 N–H and O–H groups in total. The number of rotatable bonds is 4. The molecule has 4 bridgehead atoms. The molecule has 3 unspecified atom stereocenters. The van der Waals surface area contributed by atoms with Crippen molar-refractivity contribution in [2.75, 3.05) is 7.05 Å². The van der Waals surface area contributed by atoms with Crippen molar-refractivity contribution < 1.29 is 0 Å². The van der Waals surface area contributed by atoms with Crippen LogP contribution in [-0.2, 0) is 0 Å². The van der Waals surface area contributed by atoms with Gasteiger partial charge in [-0.2, -0.15) is 0 Å². The first-order valence-electron chi connectivity index (χ1n) is 8.64. The summed E-state index contributed by atoms with van der Waals surface area (Å²) < 4.78 is 0. The summed E-state index contributed by atoms with van der Waals surface area (Å²) in [7, 11) is 2.15. The van der Waals surface area contributed by atoms with Gasteiger partial charge < -0.3 is 5.32 Å². The third-order valence-corrected chi connectivity index (χ3v) is 7.60. The first-order chi connectivity index (χ1) is 9.93. The van der Waals surface area contributed by atoms with Gasteiger partial charge in [-0.25, -0.2) is 0 Å². The predicted octanol–water partition coefficient (Wildman–Crippen LogP) is 5.40. The van der Waals surface area contributed by atoms with Gasteiger partial charge in [0.05, 0.1) is 0 Å². The fourth-order valence-corrected chi connectivity index (χ4v) is 8.02. The van der Waals surface area contributed by atoms with Gasteiger partial charge in [0, 0.05) is 10.9 Å². The largest absolute Gasteiger partial charge is 0.312 e. The molecule has 0 spiro atoms. The second-order valence-corrected chi connectivity index (χ2v) is 10.2. The number of hydrogen-bond acceptors (Lipinski definition) is 2. The Morgan fingerprint density at radius 1 is 1.19 bits per heavy atom. The number of thiophene rings is 1. The molecule has 0 aromatic carbocycles. The Labute approximate surface area is 133 Å². The second-order valence-electron chi connectivity index (χ2n) is 9.19. The zero-order chi connectivity index (χ0) is 14.7. The summed E-state index contributed by atoms with van der Waals surface area (Å²) in [6.07, 6.45) is 10.3. The van der Waals surface area contributed by atoms with E-state index in [-0.39, 0.29) is 0 Å². The molecule has 0 aliphatic heterocycles. The molecule has 2 heteroatoms. The van der Waals surface area contributed by atoms with Gasteiger partial charge >= 0.3 is 0 Å². The van der Waals surface area contributed by atoms with Gasteiger partial charge in [-0.1, -0.05) is 19.9 Å². The van der Waals surface area contributed by atoms with Crippen molar-refractivity contribution in [3.05, 3.63) is 22.4 Å². The van der Waals surface area contributed by atoms with E-state index in [1.165, 1.54) is 49.8 Å². The summed E-state index contributed by atoms with van der Waals surface area (Å²) in [6, 6.07) is 5.08. The minimum atomic E-state index is 0.563. The number of nitrogens with one attached hydrogen (secondary N) is 1. The molecule has 0 amide bonds. The predicted molar refractivity (Wildman–Crippen MR) is 90.6 cm³/mol. The Morgan fingerprint density at radius 2 is 1.90 bits per heavy atom. The summed E-state index contributed by atoms with van der Waals surface area (Å²) in [6.45, 7) is 5.17. The van der Waals surface area contributed by atoms with Gasteiger partial charge in [0.2, 0.25) is 0 Å². The molecular weight excluding hydrogens is 274 g/mol. The van der Waals surface area contributed by atoms with Crippen molar-refractivity contribution in [2.24, 2.45) is 22.2 Å². The molecule has 4 aliphatic carbocycles. The van der Waals surface area contributed by atoms with Crippen LogP contribution in [0, 0.1) is 22.2 Å². The fourth-order valence-electron chi connectivity index (χ4n) is 7.18. The molecule has 4 fully saturated rings. The zero-order valence-corrected chi connectivity index (χ0v) is 14.6. The maximum atomic E-state index is 3.61. The first kappa shape index (κ1) is 14.3. The van der Waals surface area contributed by atoms with E-state index >= 15 is 0 Å². The van der Waals surface area contributed by atoms with Gasteiger partial charge in [0.1, 0.15) is 0 Å². The molecular formula is C19H29NS. The Kier molecular flexibility index (Phi) is 3.11. The molecule has 1 aromatic rings. The van der Waals surface area contributed by atoms with E-state index in [4.69, 9.17) is 0 Å². The van der Waals surface area contributed by atoms with Gasteiger partial charge in [0.15, 0.2) is 0 Å². The van der Waals surface area contributed by atoms with E-state index in [1.54, 1.807) is 0 Å². The third kappa shape index (κ3) is 2.39. The van der Waals surface area contributed by atoms with Crippen LogP contribution in [0.1, 0.15) is 69.7 Å². The highest BCUT2D eigenvalue weighted by Crippen LogP contribution is 2.71. The van der Waals surface area contributed by atoms with E-state index in [0.29, 0.717) is 22.3 Å². The highest BCUT2D eigenvalue weighted by Gasteiger charge is 2.60. The summed E-state index contributed by atoms with van der Waals surface area (Å²) in [4.78, 5) is 1.53. The zero-order valence-electron chi connectivity index (χ0n) is 13.7. The SMILES string of the molecule is CNC(CC12CC3CC(C)(CC(C)(C3)C1)C2)c1cccs1. The lowest BCUT2D eigenvalue weighted by atomic mass is 9.39. The molecule has 0 saturated heterocycles. The Balaban J connectivity index is 1.62. The summed E-state index contributed by atoms with van der Waals surface area (Å²) in [5, 5.41) is 5.84. The lowest BCUT2D eigenvalue weighted by molar-refractivity contribution is -0.150. The fraction of sp³-hybridized carbons (Fsp3) is 0.789. The molecule has 116 valence electrons. The first-order valence-corrected chi connectivity index (χ1v) is 9.52. The maximum absolute atomic E-state index is 3.61. The maximum Gasteiger partial charge on any atom is 0.0417 e. The smallest absolute Gasteiger partial charge is 0.0417 e. The molecule has 3 atom stereocenters. The van der Waals surface area contributed by atoms with Gasteiger partial charge in [-0.15, -0.1) is 11.3 Å². The van der Waals surface area contributed by atoms with Gasteiger partial charge in [-0.05, 0) is 85.6 Å². The molecule has 4 aliphatic rings. The van der Waals surface area contributed by atoms with Crippen LogP contribution in [0.3, 0.4) is 0 Å². The quantitative estimate of drug-likeness (QED) is 0.785. The summed E-state index contributed by atoms with van der Waals surface area (Å²) in [5.41, 5.74) is 1.89. The van der Waals surface area contributed by atoms with Crippen molar-refractivity contribution in [3.63, 3.8) is 0 Å². The van der Waals surface area contributed by atoms with Crippen molar-refractivity contribution >= 4 is 11.3 Å². The molecule has 5 rings (SSSR count). The lowest BCUT2D eigenvalue weighted by Gasteiger charge is -2.66. The minimum absolute atomic E-state index is 0.563. The minimum Gasteiger partial charge on any atom is -0.312 e. The Morgan fingerprint density at radius 3 is 2.43 bits per heavy atom. The topological polar surface area (TPSA) is 12.0 Å². The normalized spacial score (nSPS) is 46.0. The summed E-state index contributed by atoms with van der Waals surface area (Å²) >= 11 is 1.92. The van der Waals surface area contributed by atoms with Crippen molar-refractivity contribution in [2.45, 2.75) is 64.8 Å². The number of hydrogen-bond donors (Lipinski definition) is 1. The van der Waals surface area contributed by atoms with E-state index in [0.717, 1.165) is 5.92 Å². The average molecular weight is 304 g/mol. The van der Waals surface area contributed by atoms with Crippen molar-refractivity contribution in [1.82, 2.24) is 5.32 Å². The monoisotopic (exact) mass is 303 g/mol. The second kappa shape index (κ2) is 4.58. The molecule has 1 nitrogen and oxygen atoms in total. The van der Waals surface area contributed by atoms with Crippen LogP contribution in [0.5, 0.6) is 0 Å². The highest BCUT2D eigenvalue weighted by molar-refractivity contribution is 7.10. The van der Waals surface area contributed by atoms with E-state index < -0.39 is 0 Å². The lowest BCUT2D eigenvalue weighted by Crippen LogP contribution is -2.55. The van der Waals surface area contributed by atoms with Crippen LogP contribution >= 0.6 is 11.3 Å². The standard InChI is InChI=1S/C19H29NS/c1-17-7-14-8-18(2,11-17)13-19(9-14,12-17)10-15(20-3)16-5-4-6-21-16/h4-6,14-15,20H,7-13H2,1-3H3. The van der Waals surface area contributed by atoms with E-state index in [1.807, 2.05) is 11.3 Å². The Bertz CT molecular complexity index is 502. The Hall–Kier alpha value is -0.340. The van der Waals surface area contributed by atoms with Crippen LogP contribution in [0.2, 0.25) is 0 Å². The molecule has 21 heavy (non-hydrogen) atoms. The molecule has 1 heterocycles. The van der Waals surface area contributed by atoms with E-state index in [9.17, 15) is 0 Å². The molecule has 4 saturated carbocycles. The summed E-state index contributed by atoms with van der Waals surface area (Å²) in [5.74, 6) is 1.01. The molecule has 0 radical (unpaired) electrons. The van der Waals surface area contributed by atoms with Gasteiger partial charge in [-0.3, -0.25) is 0 Å². The van der Waals surface area contributed by atoms with Crippen LogP contribution in [0.25, 0.3) is 0 Å². The molecule has 1 aromatic heterocycles. The van der Waals surface area contributed by atoms with Crippen LogP contribution in [0.4, 0.5) is 0 Å². The highest BCUT2D eigenvalue weighted by atomic mass is 32.1.